The zero-order chi connectivity index (χ0) is 18.3. The van der Waals surface area contributed by atoms with Crippen molar-refractivity contribution in [2.75, 3.05) is 19.4 Å². The molecule has 6 nitrogen and oxygen atoms in total. The van der Waals surface area contributed by atoms with Crippen molar-refractivity contribution < 1.29 is 17.9 Å². The van der Waals surface area contributed by atoms with Gasteiger partial charge in [0.1, 0.15) is 5.75 Å². The summed E-state index contributed by atoms with van der Waals surface area (Å²) in [5.74, 6) is 0.138. The lowest BCUT2D eigenvalue weighted by Crippen LogP contribution is -2.35. The van der Waals surface area contributed by atoms with Crippen molar-refractivity contribution in [2.45, 2.75) is 13.0 Å². The van der Waals surface area contributed by atoms with Crippen LogP contribution in [0.4, 0.5) is 0 Å². The zero-order valence-corrected chi connectivity index (χ0v) is 15.0. The predicted octanol–water partition coefficient (Wildman–Crippen LogP) is 2.11. The Morgan fingerprint density at radius 1 is 1.08 bits per heavy atom. The van der Waals surface area contributed by atoms with E-state index in [0.717, 1.165) is 5.56 Å². The molecule has 0 saturated heterocycles. The normalized spacial score (nSPS) is 12.4. The number of benzene rings is 2. The van der Waals surface area contributed by atoms with E-state index in [-0.39, 0.29) is 24.2 Å². The van der Waals surface area contributed by atoms with Crippen molar-refractivity contribution >= 4 is 15.9 Å². The Hall–Kier alpha value is -2.38. The summed E-state index contributed by atoms with van der Waals surface area (Å²) in [4.78, 5) is 12.0. The molecule has 0 saturated carbocycles. The Morgan fingerprint density at radius 3 is 2.32 bits per heavy atom. The van der Waals surface area contributed by atoms with Crippen molar-refractivity contribution in [1.82, 2.24) is 10.0 Å². The van der Waals surface area contributed by atoms with Crippen LogP contribution in [0.5, 0.6) is 5.75 Å². The maximum atomic E-state index is 12.1. The summed E-state index contributed by atoms with van der Waals surface area (Å²) < 4.78 is 31.9. The monoisotopic (exact) mass is 362 g/mol. The molecule has 0 aliphatic heterocycles. The standard InChI is InChI=1S/C18H22N2O4S/c1-14(15-6-4-3-5-7-15)20-25(22,23)13-12-19-18(21)16-8-10-17(24-2)11-9-16/h3-11,14,20H,12-13H2,1-2H3,(H,19,21)/t14-/m1/s1. The van der Waals surface area contributed by atoms with Crippen molar-refractivity contribution in [3.05, 3.63) is 65.7 Å². The lowest BCUT2D eigenvalue weighted by Gasteiger charge is -2.14. The Bertz CT molecular complexity index is 790. The molecular weight excluding hydrogens is 340 g/mol. The van der Waals surface area contributed by atoms with Gasteiger partial charge in [-0.25, -0.2) is 13.1 Å². The van der Waals surface area contributed by atoms with Gasteiger partial charge in [0.05, 0.1) is 12.9 Å². The number of carbonyl (C=O) groups is 1. The summed E-state index contributed by atoms with van der Waals surface area (Å²) in [7, 11) is -1.96. The van der Waals surface area contributed by atoms with E-state index in [2.05, 4.69) is 10.0 Å². The molecule has 0 radical (unpaired) electrons. The van der Waals surface area contributed by atoms with E-state index in [1.54, 1.807) is 38.3 Å². The van der Waals surface area contributed by atoms with Crippen LogP contribution in [-0.2, 0) is 10.0 Å². The van der Waals surface area contributed by atoms with E-state index in [4.69, 9.17) is 4.74 Å². The van der Waals surface area contributed by atoms with E-state index in [1.807, 2.05) is 30.3 Å². The number of amides is 1. The minimum absolute atomic E-state index is 0.0295. The van der Waals surface area contributed by atoms with Crippen LogP contribution in [-0.4, -0.2) is 33.7 Å². The van der Waals surface area contributed by atoms with Crippen LogP contribution in [0.1, 0.15) is 28.9 Å². The van der Waals surface area contributed by atoms with Gasteiger partial charge >= 0.3 is 0 Å². The SMILES string of the molecule is COc1ccc(C(=O)NCCS(=O)(=O)N[C@H](C)c2ccccc2)cc1. The van der Waals surface area contributed by atoms with Crippen molar-refractivity contribution in [3.8, 4) is 5.75 Å². The summed E-state index contributed by atoms with van der Waals surface area (Å²) >= 11 is 0. The number of nitrogens with one attached hydrogen (secondary N) is 2. The molecule has 0 fully saturated rings. The highest BCUT2D eigenvalue weighted by Crippen LogP contribution is 2.13. The topological polar surface area (TPSA) is 84.5 Å². The highest BCUT2D eigenvalue weighted by Gasteiger charge is 2.16. The third-order valence-electron chi connectivity index (χ3n) is 3.66. The summed E-state index contributed by atoms with van der Waals surface area (Å²) in [6, 6.07) is 15.6. The number of sulfonamides is 1. The second-order valence-corrected chi connectivity index (χ2v) is 7.43. The fraction of sp³-hybridized carbons (Fsp3) is 0.278. The predicted molar refractivity (Wildman–Crippen MR) is 97.1 cm³/mol. The molecule has 0 aromatic heterocycles. The molecule has 2 aromatic rings. The third kappa shape index (κ3) is 5.88. The second kappa shape index (κ2) is 8.64. The van der Waals surface area contributed by atoms with Gasteiger partial charge in [0.25, 0.3) is 5.91 Å². The van der Waals surface area contributed by atoms with Crippen molar-refractivity contribution in [2.24, 2.45) is 0 Å². The van der Waals surface area contributed by atoms with E-state index >= 15 is 0 Å². The van der Waals surface area contributed by atoms with Gasteiger partial charge in [-0.15, -0.1) is 0 Å². The molecule has 0 heterocycles. The number of hydrogen-bond donors (Lipinski definition) is 2. The molecule has 2 rings (SSSR count). The Morgan fingerprint density at radius 2 is 1.72 bits per heavy atom. The van der Waals surface area contributed by atoms with Gasteiger partial charge in [0.2, 0.25) is 10.0 Å². The average Bonchev–Trinajstić information content (AvgIpc) is 2.62. The highest BCUT2D eigenvalue weighted by atomic mass is 32.2. The van der Waals surface area contributed by atoms with E-state index in [9.17, 15) is 13.2 Å². The Kier molecular flexibility index (Phi) is 6.55. The van der Waals surface area contributed by atoms with Crippen molar-refractivity contribution in [3.63, 3.8) is 0 Å². The summed E-state index contributed by atoms with van der Waals surface area (Å²) in [5.41, 5.74) is 1.33. The Labute approximate surface area is 148 Å². The molecule has 1 amide bonds. The largest absolute Gasteiger partial charge is 0.497 e. The van der Waals surface area contributed by atoms with Crippen LogP contribution in [0.3, 0.4) is 0 Å². The van der Waals surface area contributed by atoms with Gasteiger partial charge < -0.3 is 10.1 Å². The lowest BCUT2D eigenvalue weighted by atomic mass is 10.1. The average molecular weight is 362 g/mol. The first-order chi connectivity index (χ1) is 11.9. The number of hydrogen-bond acceptors (Lipinski definition) is 4. The summed E-state index contributed by atoms with van der Waals surface area (Å²) in [6.45, 7) is 1.81. The van der Waals surface area contributed by atoms with Crippen LogP contribution in [0.2, 0.25) is 0 Å². The van der Waals surface area contributed by atoms with Gasteiger partial charge in [0.15, 0.2) is 0 Å². The summed E-state index contributed by atoms with van der Waals surface area (Å²) in [5, 5.41) is 2.61. The number of methoxy groups -OCH3 is 1. The van der Waals surface area contributed by atoms with Gasteiger partial charge in [0, 0.05) is 18.2 Å². The molecule has 7 heteroatoms. The third-order valence-corrected chi connectivity index (χ3v) is 5.12. The van der Waals surface area contributed by atoms with Gasteiger partial charge in [-0.2, -0.15) is 0 Å². The van der Waals surface area contributed by atoms with Crippen LogP contribution < -0.4 is 14.8 Å². The fourth-order valence-electron chi connectivity index (χ4n) is 2.28. The minimum Gasteiger partial charge on any atom is -0.497 e. The molecule has 134 valence electrons. The first-order valence-electron chi connectivity index (χ1n) is 7.88. The quantitative estimate of drug-likeness (QED) is 0.753. The van der Waals surface area contributed by atoms with E-state index in [1.165, 1.54) is 0 Å². The maximum Gasteiger partial charge on any atom is 0.251 e. The molecule has 1 atom stereocenters. The minimum atomic E-state index is -3.50. The molecular formula is C18H22N2O4S. The second-order valence-electron chi connectivity index (χ2n) is 5.55. The van der Waals surface area contributed by atoms with E-state index in [0.29, 0.717) is 11.3 Å². The van der Waals surface area contributed by atoms with Gasteiger partial charge in [-0.05, 0) is 36.8 Å². The highest BCUT2D eigenvalue weighted by molar-refractivity contribution is 7.89. The molecule has 25 heavy (non-hydrogen) atoms. The van der Waals surface area contributed by atoms with Crippen LogP contribution in [0.15, 0.2) is 54.6 Å². The number of carbonyl (C=O) groups excluding carboxylic acids is 1. The molecule has 0 spiro atoms. The molecule has 0 aliphatic rings. The molecule has 0 aliphatic carbocycles. The van der Waals surface area contributed by atoms with Crippen molar-refractivity contribution in [1.29, 1.82) is 0 Å². The smallest absolute Gasteiger partial charge is 0.251 e. The number of ether oxygens (including phenoxy) is 1. The molecule has 2 N–H and O–H groups in total. The maximum absolute atomic E-state index is 12.1. The van der Waals surface area contributed by atoms with Gasteiger partial charge in [-0.1, -0.05) is 30.3 Å². The molecule has 0 unspecified atom stereocenters. The van der Waals surface area contributed by atoms with E-state index < -0.39 is 10.0 Å². The molecule has 2 aromatic carbocycles. The van der Waals surface area contributed by atoms with Crippen LogP contribution >= 0.6 is 0 Å². The number of rotatable bonds is 8. The van der Waals surface area contributed by atoms with Gasteiger partial charge in [-0.3, -0.25) is 4.79 Å². The first kappa shape index (κ1) is 19.0. The fourth-order valence-corrected chi connectivity index (χ4v) is 3.44. The first-order valence-corrected chi connectivity index (χ1v) is 9.54. The van der Waals surface area contributed by atoms with Crippen LogP contribution in [0.25, 0.3) is 0 Å². The lowest BCUT2D eigenvalue weighted by molar-refractivity contribution is 0.0956. The zero-order valence-electron chi connectivity index (χ0n) is 14.2. The van der Waals surface area contributed by atoms with Crippen LogP contribution in [0, 0.1) is 0 Å². The molecule has 0 bridgehead atoms. The Balaban J connectivity index is 1.84. The summed E-state index contributed by atoms with van der Waals surface area (Å²) in [6.07, 6.45) is 0.